The standard InChI is InChI=1S/C25H27NO4/c1-19-10-15-24(28-2)23(18-19)26-25(27)20-11-13-22(14-12-20)30-17-7-6-16-29-21-8-4-3-5-9-21/h3-5,8-15,18H,6-7,16-17H2,1-2H3,(H,26,27). The van der Waals surface area contributed by atoms with Gasteiger partial charge in [-0.3, -0.25) is 4.79 Å². The van der Waals surface area contributed by atoms with E-state index in [1.807, 2.05) is 67.6 Å². The molecule has 0 saturated heterocycles. The molecular weight excluding hydrogens is 378 g/mol. The maximum atomic E-state index is 12.5. The van der Waals surface area contributed by atoms with Gasteiger partial charge in [0.05, 0.1) is 26.0 Å². The molecule has 156 valence electrons. The van der Waals surface area contributed by atoms with Crippen LogP contribution in [0.2, 0.25) is 0 Å². The predicted molar refractivity (Wildman–Crippen MR) is 119 cm³/mol. The van der Waals surface area contributed by atoms with Crippen molar-refractivity contribution >= 4 is 11.6 Å². The Morgan fingerprint density at radius 1 is 0.833 bits per heavy atom. The highest BCUT2D eigenvalue weighted by Gasteiger charge is 2.10. The Balaban J connectivity index is 1.42. The first-order chi connectivity index (χ1) is 14.7. The van der Waals surface area contributed by atoms with Crippen LogP contribution in [0.3, 0.4) is 0 Å². The molecule has 0 heterocycles. The van der Waals surface area contributed by atoms with Crippen LogP contribution in [0.4, 0.5) is 5.69 Å². The summed E-state index contributed by atoms with van der Waals surface area (Å²) >= 11 is 0. The Morgan fingerprint density at radius 2 is 1.47 bits per heavy atom. The number of methoxy groups -OCH3 is 1. The van der Waals surface area contributed by atoms with Crippen LogP contribution in [-0.2, 0) is 0 Å². The van der Waals surface area contributed by atoms with Crippen LogP contribution in [0.25, 0.3) is 0 Å². The van der Waals surface area contributed by atoms with Gasteiger partial charge in [-0.1, -0.05) is 24.3 Å². The van der Waals surface area contributed by atoms with Gasteiger partial charge in [0, 0.05) is 5.56 Å². The Labute approximate surface area is 177 Å². The van der Waals surface area contributed by atoms with Gasteiger partial charge >= 0.3 is 0 Å². The fourth-order valence-electron chi connectivity index (χ4n) is 2.92. The molecule has 0 bridgehead atoms. The number of aryl methyl sites for hydroxylation is 1. The first kappa shape index (κ1) is 21.2. The van der Waals surface area contributed by atoms with Crippen LogP contribution in [0.1, 0.15) is 28.8 Å². The Morgan fingerprint density at radius 3 is 2.10 bits per heavy atom. The second-order valence-corrected chi connectivity index (χ2v) is 6.90. The number of nitrogens with one attached hydrogen (secondary N) is 1. The van der Waals surface area contributed by atoms with Crippen LogP contribution in [0.5, 0.6) is 17.2 Å². The minimum Gasteiger partial charge on any atom is -0.495 e. The van der Waals surface area contributed by atoms with Crippen molar-refractivity contribution in [1.29, 1.82) is 0 Å². The van der Waals surface area contributed by atoms with Crippen LogP contribution in [0, 0.1) is 6.92 Å². The molecule has 0 aromatic heterocycles. The average molecular weight is 405 g/mol. The summed E-state index contributed by atoms with van der Waals surface area (Å²) in [6.45, 7) is 3.23. The molecule has 1 N–H and O–H groups in total. The SMILES string of the molecule is COc1ccc(C)cc1NC(=O)c1ccc(OCCCCOc2ccccc2)cc1. The van der Waals surface area contributed by atoms with Crippen molar-refractivity contribution in [3.63, 3.8) is 0 Å². The zero-order valence-electron chi connectivity index (χ0n) is 17.4. The van der Waals surface area contributed by atoms with Gasteiger partial charge in [-0.2, -0.15) is 0 Å². The van der Waals surface area contributed by atoms with Gasteiger partial charge < -0.3 is 19.5 Å². The fourth-order valence-corrected chi connectivity index (χ4v) is 2.92. The third kappa shape index (κ3) is 6.27. The van der Waals surface area contributed by atoms with E-state index >= 15 is 0 Å². The van der Waals surface area contributed by atoms with E-state index in [4.69, 9.17) is 14.2 Å². The maximum absolute atomic E-state index is 12.5. The largest absolute Gasteiger partial charge is 0.495 e. The highest BCUT2D eigenvalue weighted by Crippen LogP contribution is 2.26. The Hall–Kier alpha value is -3.47. The lowest BCUT2D eigenvalue weighted by molar-refractivity contribution is 0.102. The molecule has 0 fully saturated rings. The highest BCUT2D eigenvalue weighted by molar-refractivity contribution is 6.05. The normalized spacial score (nSPS) is 10.3. The number of unbranched alkanes of at least 4 members (excludes halogenated alkanes) is 1. The van der Waals surface area contributed by atoms with Crippen molar-refractivity contribution < 1.29 is 19.0 Å². The Bertz CT molecular complexity index is 939. The van der Waals surface area contributed by atoms with Crippen LogP contribution < -0.4 is 19.5 Å². The molecule has 0 saturated carbocycles. The van der Waals surface area contributed by atoms with Gasteiger partial charge in [-0.15, -0.1) is 0 Å². The fraction of sp³-hybridized carbons (Fsp3) is 0.240. The van der Waals surface area contributed by atoms with E-state index in [2.05, 4.69) is 5.32 Å². The summed E-state index contributed by atoms with van der Waals surface area (Å²) in [5.41, 5.74) is 2.26. The van der Waals surface area contributed by atoms with Crippen LogP contribution in [-0.4, -0.2) is 26.2 Å². The quantitative estimate of drug-likeness (QED) is 0.453. The molecule has 0 aliphatic rings. The van der Waals surface area contributed by atoms with E-state index in [1.54, 1.807) is 19.2 Å². The molecule has 0 unspecified atom stereocenters. The van der Waals surface area contributed by atoms with E-state index in [0.29, 0.717) is 30.2 Å². The molecule has 0 radical (unpaired) electrons. The van der Waals surface area contributed by atoms with Crippen LogP contribution >= 0.6 is 0 Å². The third-order valence-corrected chi connectivity index (χ3v) is 4.54. The third-order valence-electron chi connectivity index (χ3n) is 4.54. The summed E-state index contributed by atoms with van der Waals surface area (Å²) in [7, 11) is 1.58. The number of hydrogen-bond donors (Lipinski definition) is 1. The zero-order chi connectivity index (χ0) is 21.2. The van der Waals surface area contributed by atoms with E-state index < -0.39 is 0 Å². The molecule has 3 aromatic rings. The summed E-state index contributed by atoms with van der Waals surface area (Å²) in [5.74, 6) is 2.06. The molecule has 1 amide bonds. The molecule has 5 nitrogen and oxygen atoms in total. The second kappa shape index (κ2) is 10.9. The number of carbonyl (C=O) groups excluding carboxylic acids is 1. The van der Waals surface area contributed by atoms with Gasteiger partial charge in [0.15, 0.2) is 0 Å². The molecule has 0 aliphatic heterocycles. The van der Waals surface area contributed by atoms with E-state index in [0.717, 1.165) is 29.9 Å². The summed E-state index contributed by atoms with van der Waals surface area (Å²) < 4.78 is 16.7. The van der Waals surface area contributed by atoms with Gasteiger partial charge in [0.2, 0.25) is 0 Å². The molecule has 0 atom stereocenters. The van der Waals surface area contributed by atoms with Crippen molar-refractivity contribution in [1.82, 2.24) is 0 Å². The minimum absolute atomic E-state index is 0.191. The van der Waals surface area contributed by atoms with Crippen molar-refractivity contribution in [3.8, 4) is 17.2 Å². The first-order valence-electron chi connectivity index (χ1n) is 10.0. The van der Waals surface area contributed by atoms with Gasteiger partial charge in [-0.05, 0) is 73.9 Å². The van der Waals surface area contributed by atoms with Crippen molar-refractivity contribution in [2.45, 2.75) is 19.8 Å². The number of hydrogen-bond acceptors (Lipinski definition) is 4. The number of amides is 1. The zero-order valence-corrected chi connectivity index (χ0v) is 17.4. The topological polar surface area (TPSA) is 56.8 Å². The summed E-state index contributed by atoms with van der Waals surface area (Å²) in [4.78, 5) is 12.5. The smallest absolute Gasteiger partial charge is 0.255 e. The van der Waals surface area contributed by atoms with Crippen molar-refractivity contribution in [2.75, 3.05) is 25.6 Å². The first-order valence-corrected chi connectivity index (χ1v) is 10.0. The molecule has 3 aromatic carbocycles. The van der Waals surface area contributed by atoms with Gasteiger partial charge in [-0.25, -0.2) is 0 Å². The number of carbonyl (C=O) groups is 1. The number of benzene rings is 3. The minimum atomic E-state index is -0.191. The summed E-state index contributed by atoms with van der Waals surface area (Å²) in [6, 6.07) is 22.6. The number of anilines is 1. The lowest BCUT2D eigenvalue weighted by Crippen LogP contribution is -2.12. The lowest BCUT2D eigenvalue weighted by atomic mass is 10.1. The molecular formula is C25H27NO4. The number of para-hydroxylation sites is 1. The van der Waals surface area contributed by atoms with E-state index in [9.17, 15) is 4.79 Å². The monoisotopic (exact) mass is 405 g/mol. The molecule has 0 spiro atoms. The van der Waals surface area contributed by atoms with Crippen LogP contribution in [0.15, 0.2) is 72.8 Å². The van der Waals surface area contributed by atoms with Crippen molar-refractivity contribution in [3.05, 3.63) is 83.9 Å². The number of rotatable bonds is 10. The average Bonchev–Trinajstić information content (AvgIpc) is 2.77. The van der Waals surface area contributed by atoms with Crippen molar-refractivity contribution in [2.24, 2.45) is 0 Å². The molecule has 0 aliphatic carbocycles. The Kier molecular flexibility index (Phi) is 7.72. The number of ether oxygens (including phenoxy) is 3. The second-order valence-electron chi connectivity index (χ2n) is 6.90. The van der Waals surface area contributed by atoms with E-state index in [-0.39, 0.29) is 5.91 Å². The summed E-state index contributed by atoms with van der Waals surface area (Å²) in [5, 5.41) is 2.90. The lowest BCUT2D eigenvalue weighted by Gasteiger charge is -2.11. The predicted octanol–water partition coefficient (Wildman–Crippen LogP) is 5.49. The van der Waals surface area contributed by atoms with E-state index in [1.165, 1.54) is 0 Å². The van der Waals surface area contributed by atoms with Gasteiger partial charge in [0.1, 0.15) is 17.2 Å². The molecule has 30 heavy (non-hydrogen) atoms. The van der Waals surface area contributed by atoms with Gasteiger partial charge in [0.25, 0.3) is 5.91 Å². The molecule has 5 heteroatoms. The molecule has 3 rings (SSSR count). The summed E-state index contributed by atoms with van der Waals surface area (Å²) in [6.07, 6.45) is 1.80. The highest BCUT2D eigenvalue weighted by atomic mass is 16.5. The maximum Gasteiger partial charge on any atom is 0.255 e.